The highest BCUT2D eigenvalue weighted by atomic mass is 32.2. The lowest BCUT2D eigenvalue weighted by molar-refractivity contribution is -0.123. The Morgan fingerprint density at radius 1 is 1.00 bits per heavy atom. The van der Waals surface area contributed by atoms with E-state index < -0.39 is 16.1 Å². The average Bonchev–Trinajstić information content (AvgIpc) is 3.39. The molecular weight excluding hydrogens is 571 g/mol. The molecule has 0 bridgehead atoms. The third kappa shape index (κ3) is 8.47. The van der Waals surface area contributed by atoms with Gasteiger partial charge in [-0.2, -0.15) is 0 Å². The predicted molar refractivity (Wildman–Crippen MR) is 164 cm³/mol. The van der Waals surface area contributed by atoms with E-state index in [4.69, 9.17) is 4.74 Å². The highest BCUT2D eigenvalue weighted by Crippen LogP contribution is 2.29. The number of benzene rings is 2. The van der Waals surface area contributed by atoms with Crippen molar-refractivity contribution in [3.63, 3.8) is 0 Å². The van der Waals surface area contributed by atoms with Crippen molar-refractivity contribution < 1.29 is 27.1 Å². The minimum absolute atomic E-state index is 0.0866. The number of ether oxygens (including phenoxy) is 1. The quantitative estimate of drug-likeness (QED) is 0.398. The summed E-state index contributed by atoms with van der Waals surface area (Å²) < 4.78 is 44.6. The monoisotopic (exact) mass is 614 g/mol. The zero-order chi connectivity index (χ0) is 30.4. The number of anilines is 1. The first-order chi connectivity index (χ1) is 20.7. The Kier molecular flexibility index (Phi) is 10.2. The Hall–Kier alpha value is -3.18. The molecule has 2 aromatic carbocycles. The van der Waals surface area contributed by atoms with Crippen molar-refractivity contribution in [2.45, 2.75) is 69.9 Å². The lowest BCUT2D eigenvalue weighted by Gasteiger charge is -2.30. The zero-order valence-corrected chi connectivity index (χ0v) is 25.7. The van der Waals surface area contributed by atoms with Crippen LogP contribution in [0.4, 0.5) is 10.1 Å². The Labute approximate surface area is 254 Å². The first kappa shape index (κ1) is 31.3. The van der Waals surface area contributed by atoms with Crippen LogP contribution < -0.4 is 20.3 Å². The van der Waals surface area contributed by atoms with Crippen LogP contribution in [0.25, 0.3) is 0 Å². The first-order valence-corrected chi connectivity index (χ1v) is 17.3. The summed E-state index contributed by atoms with van der Waals surface area (Å²) in [5, 5.41) is 6.03. The first-order valence-electron chi connectivity index (χ1n) is 15.5. The molecule has 1 saturated carbocycles. The van der Waals surface area contributed by atoms with Gasteiger partial charge in [-0.25, -0.2) is 17.1 Å². The number of piperidine rings is 1. The molecule has 2 aliphatic heterocycles. The number of rotatable bonds is 11. The van der Waals surface area contributed by atoms with Gasteiger partial charge < -0.3 is 20.3 Å². The van der Waals surface area contributed by atoms with Crippen LogP contribution in [0.2, 0.25) is 0 Å². The standard InChI is InChI=1S/C32H43FN4O5S/c1-43(40,41)37-18-14-28(15-19-37)42-27-10-7-24(8-11-27)31(38)35-29(21-23-5-3-2-4-6-23)32(39)34-16-20-36-17-13-25-22-26(33)9-12-30(25)36/h7-12,22-23,28-29H,2-6,13-21H2,1H3,(H,34,39)(H,35,38). The van der Waals surface area contributed by atoms with Crippen LogP contribution in [0.3, 0.4) is 0 Å². The molecule has 2 amide bonds. The van der Waals surface area contributed by atoms with Gasteiger partial charge in [-0.3, -0.25) is 9.59 Å². The van der Waals surface area contributed by atoms with Gasteiger partial charge in [0.2, 0.25) is 15.9 Å². The smallest absolute Gasteiger partial charge is 0.251 e. The fourth-order valence-corrected chi connectivity index (χ4v) is 7.37. The van der Waals surface area contributed by atoms with Crippen LogP contribution >= 0.6 is 0 Å². The fraction of sp³-hybridized carbons (Fsp3) is 0.562. The third-order valence-corrected chi connectivity index (χ3v) is 10.2. The molecule has 1 atom stereocenters. The normalized spacial score (nSPS) is 19.1. The number of sulfonamides is 1. The van der Waals surface area contributed by atoms with Crippen molar-refractivity contribution in [2.75, 3.05) is 43.9 Å². The van der Waals surface area contributed by atoms with Gasteiger partial charge in [0.25, 0.3) is 5.91 Å². The van der Waals surface area contributed by atoms with Crippen LogP contribution in [0, 0.1) is 11.7 Å². The van der Waals surface area contributed by atoms with Crippen molar-refractivity contribution in [1.29, 1.82) is 0 Å². The van der Waals surface area contributed by atoms with Crippen LogP contribution in [-0.2, 0) is 21.2 Å². The van der Waals surface area contributed by atoms with Gasteiger partial charge in [0.1, 0.15) is 23.7 Å². The lowest BCUT2D eigenvalue weighted by Crippen LogP contribution is -2.49. The molecule has 3 aliphatic rings. The molecule has 1 unspecified atom stereocenters. The second kappa shape index (κ2) is 14.1. The van der Waals surface area contributed by atoms with Crippen molar-refractivity contribution in [3.05, 3.63) is 59.4 Å². The van der Waals surface area contributed by atoms with E-state index in [1.54, 1.807) is 36.4 Å². The fourth-order valence-electron chi connectivity index (χ4n) is 6.50. The highest BCUT2D eigenvalue weighted by molar-refractivity contribution is 7.88. The summed E-state index contributed by atoms with van der Waals surface area (Å²) in [6, 6.07) is 11.1. The zero-order valence-electron chi connectivity index (χ0n) is 24.9. The maximum atomic E-state index is 13.6. The molecule has 1 aliphatic carbocycles. The average molecular weight is 615 g/mol. The molecule has 2 aromatic rings. The topological polar surface area (TPSA) is 108 Å². The van der Waals surface area contributed by atoms with Crippen LogP contribution in [0.1, 0.15) is 67.3 Å². The molecule has 11 heteroatoms. The molecule has 43 heavy (non-hydrogen) atoms. The molecule has 0 spiro atoms. The molecule has 1 saturated heterocycles. The summed E-state index contributed by atoms with van der Waals surface area (Å²) in [7, 11) is -3.19. The number of nitrogens with one attached hydrogen (secondary N) is 2. The van der Waals surface area contributed by atoms with Crippen LogP contribution in [-0.4, -0.2) is 75.7 Å². The second-order valence-corrected chi connectivity index (χ2v) is 14.1. The summed E-state index contributed by atoms with van der Waals surface area (Å²) in [4.78, 5) is 28.8. The molecule has 0 aromatic heterocycles. The van der Waals surface area contributed by atoms with Gasteiger partial charge in [0.05, 0.1) is 6.26 Å². The number of hydrogen-bond donors (Lipinski definition) is 2. The maximum Gasteiger partial charge on any atom is 0.251 e. The van der Waals surface area contributed by atoms with Crippen molar-refractivity contribution in [3.8, 4) is 5.75 Å². The Balaban J connectivity index is 1.15. The van der Waals surface area contributed by atoms with Crippen molar-refractivity contribution in [1.82, 2.24) is 14.9 Å². The Bertz CT molecular complexity index is 1370. The lowest BCUT2D eigenvalue weighted by atomic mass is 9.84. The molecule has 0 radical (unpaired) electrons. The van der Waals surface area contributed by atoms with E-state index in [0.29, 0.717) is 62.7 Å². The van der Waals surface area contributed by atoms with E-state index in [1.807, 2.05) is 0 Å². The number of amides is 2. The maximum absolute atomic E-state index is 13.6. The summed E-state index contributed by atoms with van der Waals surface area (Å²) >= 11 is 0. The minimum atomic E-state index is -3.19. The van der Waals surface area contributed by atoms with Gasteiger partial charge in [-0.15, -0.1) is 0 Å². The number of carbonyl (C=O) groups is 2. The number of carbonyl (C=O) groups excluding carboxylic acids is 2. The molecule has 2 heterocycles. The summed E-state index contributed by atoms with van der Waals surface area (Å²) in [5.41, 5.74) is 2.44. The van der Waals surface area contributed by atoms with Gasteiger partial charge in [-0.1, -0.05) is 32.1 Å². The van der Waals surface area contributed by atoms with E-state index in [-0.39, 0.29) is 23.7 Å². The largest absolute Gasteiger partial charge is 0.490 e. The van der Waals surface area contributed by atoms with Gasteiger partial charge >= 0.3 is 0 Å². The SMILES string of the molecule is CS(=O)(=O)N1CCC(Oc2ccc(C(=O)NC(CC3CCCCC3)C(=O)NCCN3CCc4cc(F)ccc43)cc2)CC1. The number of nitrogens with zero attached hydrogens (tertiary/aromatic N) is 2. The Morgan fingerprint density at radius 2 is 1.72 bits per heavy atom. The molecule has 9 nitrogen and oxygen atoms in total. The van der Waals surface area contributed by atoms with E-state index >= 15 is 0 Å². The van der Waals surface area contributed by atoms with Crippen molar-refractivity contribution in [2.24, 2.45) is 5.92 Å². The number of halogens is 1. The Morgan fingerprint density at radius 3 is 2.42 bits per heavy atom. The third-order valence-electron chi connectivity index (χ3n) is 8.92. The van der Waals surface area contributed by atoms with E-state index in [0.717, 1.165) is 49.9 Å². The van der Waals surface area contributed by atoms with E-state index in [2.05, 4.69) is 15.5 Å². The summed E-state index contributed by atoms with van der Waals surface area (Å²) in [5.74, 6) is 0.300. The van der Waals surface area contributed by atoms with E-state index in [1.165, 1.54) is 23.0 Å². The van der Waals surface area contributed by atoms with Gasteiger partial charge in [0.15, 0.2) is 0 Å². The molecule has 2 N–H and O–H groups in total. The van der Waals surface area contributed by atoms with E-state index in [9.17, 15) is 22.4 Å². The highest BCUT2D eigenvalue weighted by Gasteiger charge is 2.28. The van der Waals surface area contributed by atoms with Gasteiger partial charge in [0, 0.05) is 44.0 Å². The minimum Gasteiger partial charge on any atom is -0.490 e. The molecule has 5 rings (SSSR count). The predicted octanol–water partition coefficient (Wildman–Crippen LogP) is 3.88. The molecule has 2 fully saturated rings. The summed E-state index contributed by atoms with van der Waals surface area (Å²) in [6.07, 6.45) is 9.39. The van der Waals surface area contributed by atoms with Gasteiger partial charge in [-0.05, 0) is 79.6 Å². The second-order valence-electron chi connectivity index (χ2n) is 12.1. The number of hydrogen-bond acceptors (Lipinski definition) is 6. The number of fused-ring (bicyclic) bond motifs is 1. The molecular formula is C32H43FN4O5S. The summed E-state index contributed by atoms with van der Waals surface area (Å²) in [6.45, 7) is 2.70. The van der Waals surface area contributed by atoms with Crippen LogP contribution in [0.5, 0.6) is 5.75 Å². The van der Waals surface area contributed by atoms with Crippen LogP contribution in [0.15, 0.2) is 42.5 Å². The van der Waals surface area contributed by atoms with Crippen molar-refractivity contribution >= 4 is 27.5 Å². The molecule has 234 valence electrons.